The Balaban J connectivity index is 0.00000182. The first kappa shape index (κ1) is 17.5. The van der Waals surface area contributed by atoms with Crippen LogP contribution < -0.4 is 9.64 Å². The van der Waals surface area contributed by atoms with Gasteiger partial charge in [-0.05, 0) is 42.8 Å². The molecule has 1 aliphatic rings. The Bertz CT molecular complexity index is 867. The molecule has 2 aromatic carbocycles. The molecule has 3 aromatic rings. The highest BCUT2D eigenvalue weighted by Gasteiger charge is 2.22. The zero-order valence-electron chi connectivity index (χ0n) is 14.1. The minimum absolute atomic E-state index is 0. The fourth-order valence-electron chi connectivity index (χ4n) is 3.29. The summed E-state index contributed by atoms with van der Waals surface area (Å²) in [5.41, 5.74) is 4.11. The lowest BCUT2D eigenvalue weighted by atomic mass is 10.1. The van der Waals surface area contributed by atoms with Gasteiger partial charge in [0.1, 0.15) is 5.75 Å². The number of methoxy groups -OCH3 is 1. The molecule has 1 unspecified atom stereocenters. The quantitative estimate of drug-likeness (QED) is 0.773. The molecule has 1 N–H and O–H groups in total. The molecule has 4 rings (SSSR count). The van der Waals surface area contributed by atoms with E-state index in [0.29, 0.717) is 6.54 Å². The number of para-hydroxylation sites is 1. The number of hydrogen-bond donors (Lipinski definition) is 1. The van der Waals surface area contributed by atoms with E-state index < -0.39 is 0 Å². The third-order valence-electron chi connectivity index (χ3n) is 4.58. The molecule has 1 fully saturated rings. The van der Waals surface area contributed by atoms with Crippen LogP contribution in [0.1, 0.15) is 6.42 Å². The summed E-state index contributed by atoms with van der Waals surface area (Å²) in [4.78, 5) is 7.07. The van der Waals surface area contributed by atoms with Crippen molar-refractivity contribution < 1.29 is 9.84 Å². The number of halogens is 1. The van der Waals surface area contributed by atoms with E-state index >= 15 is 0 Å². The summed E-state index contributed by atoms with van der Waals surface area (Å²) in [6.07, 6.45) is 0.565. The predicted molar refractivity (Wildman–Crippen MR) is 104 cm³/mol. The molecule has 1 aromatic heterocycles. The highest BCUT2D eigenvalue weighted by atomic mass is 35.5. The molecule has 0 bridgehead atoms. The van der Waals surface area contributed by atoms with Gasteiger partial charge in [-0.25, -0.2) is 4.98 Å². The van der Waals surface area contributed by atoms with Crippen molar-refractivity contribution >= 4 is 29.0 Å². The predicted octanol–water partition coefficient (Wildman–Crippen LogP) is 3.90. The van der Waals surface area contributed by atoms with Crippen molar-refractivity contribution in [2.45, 2.75) is 12.5 Å². The molecule has 1 atom stereocenters. The topological polar surface area (TPSA) is 45.6 Å². The standard InChI is InChI=1S/C20H20N2O2.ClH/c1-24-16-8-6-14(7-9-16)19-12-20(22-11-10-15(23)13-22)17-4-2-3-5-18(17)21-19;/h2-9,12,15,23H,10-11,13H2,1H3;1H. The van der Waals surface area contributed by atoms with Crippen molar-refractivity contribution in [2.75, 3.05) is 25.1 Å². The van der Waals surface area contributed by atoms with Crippen molar-refractivity contribution in [1.29, 1.82) is 0 Å². The second kappa shape index (κ2) is 7.30. The summed E-state index contributed by atoms with van der Waals surface area (Å²) in [6, 6.07) is 18.3. The van der Waals surface area contributed by atoms with Crippen molar-refractivity contribution in [1.82, 2.24) is 4.98 Å². The summed E-state index contributed by atoms with van der Waals surface area (Å²) in [5.74, 6) is 0.836. The number of anilines is 1. The van der Waals surface area contributed by atoms with Gasteiger partial charge in [-0.3, -0.25) is 0 Å². The highest BCUT2D eigenvalue weighted by molar-refractivity contribution is 5.94. The fraction of sp³-hybridized carbons (Fsp3) is 0.250. The van der Waals surface area contributed by atoms with Crippen molar-refractivity contribution in [3.05, 3.63) is 54.6 Å². The Hall–Kier alpha value is -2.30. The maximum atomic E-state index is 9.91. The third kappa shape index (κ3) is 3.41. The van der Waals surface area contributed by atoms with Crippen LogP contribution in [0.3, 0.4) is 0 Å². The number of aliphatic hydroxyl groups excluding tert-OH is 1. The number of rotatable bonds is 3. The number of β-amino-alcohol motifs (C(OH)–C–C–N with tert-alkyl or cyclic N) is 1. The molecule has 0 amide bonds. The molecule has 25 heavy (non-hydrogen) atoms. The van der Waals surface area contributed by atoms with Crippen LogP contribution in [-0.4, -0.2) is 36.4 Å². The Morgan fingerprint density at radius 2 is 1.88 bits per heavy atom. The third-order valence-corrected chi connectivity index (χ3v) is 4.58. The van der Waals surface area contributed by atoms with Crippen LogP contribution in [0.15, 0.2) is 54.6 Å². The van der Waals surface area contributed by atoms with Gasteiger partial charge < -0.3 is 14.7 Å². The summed E-state index contributed by atoms with van der Waals surface area (Å²) in [7, 11) is 1.67. The number of ether oxygens (including phenoxy) is 1. The van der Waals surface area contributed by atoms with Gasteiger partial charge in [-0.15, -0.1) is 12.4 Å². The largest absolute Gasteiger partial charge is 0.497 e. The van der Waals surface area contributed by atoms with E-state index in [2.05, 4.69) is 17.0 Å². The Labute approximate surface area is 153 Å². The van der Waals surface area contributed by atoms with Gasteiger partial charge in [-0.2, -0.15) is 0 Å². The summed E-state index contributed by atoms with van der Waals surface area (Å²) < 4.78 is 5.24. The summed E-state index contributed by atoms with van der Waals surface area (Å²) >= 11 is 0. The number of aromatic nitrogens is 1. The zero-order chi connectivity index (χ0) is 16.5. The summed E-state index contributed by atoms with van der Waals surface area (Å²) in [6.45, 7) is 1.55. The molecule has 5 heteroatoms. The van der Waals surface area contributed by atoms with E-state index in [1.54, 1.807) is 7.11 Å². The van der Waals surface area contributed by atoms with Crippen LogP contribution in [0, 0.1) is 0 Å². The highest BCUT2D eigenvalue weighted by Crippen LogP contribution is 2.33. The Morgan fingerprint density at radius 1 is 1.12 bits per heavy atom. The van der Waals surface area contributed by atoms with Gasteiger partial charge in [0.2, 0.25) is 0 Å². The fourth-order valence-corrected chi connectivity index (χ4v) is 3.29. The first-order chi connectivity index (χ1) is 11.7. The van der Waals surface area contributed by atoms with Crippen LogP contribution >= 0.6 is 12.4 Å². The van der Waals surface area contributed by atoms with Gasteiger partial charge in [0, 0.05) is 29.7 Å². The van der Waals surface area contributed by atoms with E-state index in [0.717, 1.165) is 46.6 Å². The Morgan fingerprint density at radius 3 is 2.56 bits per heavy atom. The molecular weight excluding hydrogens is 336 g/mol. The minimum Gasteiger partial charge on any atom is -0.497 e. The van der Waals surface area contributed by atoms with E-state index in [9.17, 15) is 5.11 Å². The number of pyridine rings is 1. The SMILES string of the molecule is COc1ccc(-c2cc(N3CCC(O)C3)c3ccccc3n2)cc1.Cl. The lowest BCUT2D eigenvalue weighted by Crippen LogP contribution is -2.21. The smallest absolute Gasteiger partial charge is 0.118 e. The molecule has 0 radical (unpaired) electrons. The lowest BCUT2D eigenvalue weighted by Gasteiger charge is -2.21. The second-order valence-corrected chi connectivity index (χ2v) is 6.16. The second-order valence-electron chi connectivity index (χ2n) is 6.16. The monoisotopic (exact) mass is 356 g/mol. The molecule has 2 heterocycles. The van der Waals surface area contributed by atoms with Crippen molar-refractivity contribution in [3.63, 3.8) is 0 Å². The number of benzene rings is 2. The number of hydrogen-bond acceptors (Lipinski definition) is 4. The maximum absolute atomic E-state index is 9.91. The van der Waals surface area contributed by atoms with E-state index in [4.69, 9.17) is 9.72 Å². The van der Waals surface area contributed by atoms with Gasteiger partial charge in [0.15, 0.2) is 0 Å². The molecule has 4 nitrogen and oxygen atoms in total. The van der Waals surface area contributed by atoms with Crippen LogP contribution in [-0.2, 0) is 0 Å². The summed E-state index contributed by atoms with van der Waals surface area (Å²) in [5, 5.41) is 11.0. The average Bonchev–Trinajstić information content (AvgIpc) is 3.07. The first-order valence-electron chi connectivity index (χ1n) is 8.22. The molecule has 0 aliphatic carbocycles. The number of aliphatic hydroxyl groups is 1. The van der Waals surface area contributed by atoms with E-state index in [-0.39, 0.29) is 18.5 Å². The molecular formula is C20H21ClN2O2. The van der Waals surface area contributed by atoms with E-state index in [1.807, 2.05) is 42.5 Å². The van der Waals surface area contributed by atoms with Gasteiger partial charge in [0.05, 0.1) is 24.4 Å². The van der Waals surface area contributed by atoms with Crippen LogP contribution in [0.4, 0.5) is 5.69 Å². The zero-order valence-corrected chi connectivity index (χ0v) is 14.9. The van der Waals surface area contributed by atoms with Gasteiger partial charge in [0.25, 0.3) is 0 Å². The average molecular weight is 357 g/mol. The van der Waals surface area contributed by atoms with Crippen LogP contribution in [0.25, 0.3) is 22.2 Å². The van der Waals surface area contributed by atoms with Crippen LogP contribution in [0.2, 0.25) is 0 Å². The van der Waals surface area contributed by atoms with Crippen molar-refractivity contribution in [2.24, 2.45) is 0 Å². The normalized spacial score (nSPS) is 16.7. The maximum Gasteiger partial charge on any atom is 0.118 e. The van der Waals surface area contributed by atoms with Gasteiger partial charge >= 0.3 is 0 Å². The lowest BCUT2D eigenvalue weighted by molar-refractivity contribution is 0.198. The molecule has 130 valence electrons. The molecule has 0 saturated carbocycles. The Kier molecular flexibility index (Phi) is 5.11. The van der Waals surface area contributed by atoms with Gasteiger partial charge in [-0.1, -0.05) is 18.2 Å². The minimum atomic E-state index is -0.249. The van der Waals surface area contributed by atoms with E-state index in [1.165, 1.54) is 0 Å². The van der Waals surface area contributed by atoms with Crippen molar-refractivity contribution in [3.8, 4) is 17.0 Å². The molecule has 1 saturated heterocycles. The number of fused-ring (bicyclic) bond motifs is 1. The molecule has 0 spiro atoms. The first-order valence-corrected chi connectivity index (χ1v) is 8.22. The molecule has 1 aliphatic heterocycles. The number of nitrogens with zero attached hydrogens (tertiary/aromatic N) is 2. The van der Waals surface area contributed by atoms with Crippen LogP contribution in [0.5, 0.6) is 5.75 Å².